The molecule has 0 spiro atoms. The summed E-state index contributed by atoms with van der Waals surface area (Å²) < 4.78 is 14.7. The van der Waals surface area contributed by atoms with E-state index in [0.717, 1.165) is 11.1 Å². The van der Waals surface area contributed by atoms with Crippen LogP contribution in [-0.2, 0) is 14.4 Å². The first-order valence-corrected chi connectivity index (χ1v) is 10.2. The lowest BCUT2D eigenvalue weighted by Gasteiger charge is -2.27. The number of rotatable bonds is 6. The van der Waals surface area contributed by atoms with E-state index in [1.807, 2.05) is 31.2 Å². The first-order valence-electron chi connectivity index (χ1n) is 10.2. The molecule has 9 heteroatoms. The van der Waals surface area contributed by atoms with Gasteiger partial charge in [0.1, 0.15) is 5.82 Å². The minimum Gasteiger partial charge on any atom is -0.481 e. The number of hydrogen-bond donors (Lipinski definition) is 3. The maximum atomic E-state index is 14.7. The van der Waals surface area contributed by atoms with Crippen LogP contribution in [0, 0.1) is 12.7 Å². The van der Waals surface area contributed by atoms with Gasteiger partial charge in [-0.15, -0.1) is 0 Å². The highest BCUT2D eigenvalue weighted by atomic mass is 19.1. The van der Waals surface area contributed by atoms with Gasteiger partial charge in [-0.25, -0.2) is 9.18 Å². The maximum absolute atomic E-state index is 14.7. The topological polar surface area (TPSA) is 116 Å². The molecule has 1 heterocycles. The molecule has 0 radical (unpaired) electrons. The minimum atomic E-state index is -1.45. The van der Waals surface area contributed by atoms with Gasteiger partial charge in [0, 0.05) is 24.4 Å². The highest BCUT2D eigenvalue weighted by Gasteiger charge is 2.35. The number of aliphatic carboxylic acids is 1. The zero-order valence-electron chi connectivity index (χ0n) is 18.4. The van der Waals surface area contributed by atoms with E-state index in [1.54, 1.807) is 6.07 Å². The van der Waals surface area contributed by atoms with E-state index in [2.05, 4.69) is 10.6 Å². The average Bonchev–Trinajstić information content (AvgIpc) is 2.75. The predicted octanol–water partition coefficient (Wildman–Crippen LogP) is 2.93. The molecule has 2 atom stereocenters. The molecule has 3 amide bonds. The van der Waals surface area contributed by atoms with Crippen LogP contribution in [0.25, 0.3) is 11.1 Å². The molecule has 2 aromatic carbocycles. The Balaban J connectivity index is 1.87. The number of benzene rings is 2. The molecule has 3 N–H and O–H groups in total. The third kappa shape index (κ3) is 5.43. The van der Waals surface area contributed by atoms with Crippen molar-refractivity contribution in [3.8, 4) is 11.1 Å². The van der Waals surface area contributed by atoms with E-state index in [1.165, 1.54) is 37.2 Å². The molecule has 1 aliphatic rings. The number of Topliss-reactive ketones (excluding diaryl/α,β-unsaturated/α-hetero) is 1. The lowest BCUT2D eigenvalue weighted by Crippen LogP contribution is -2.56. The van der Waals surface area contributed by atoms with E-state index < -0.39 is 48.0 Å². The van der Waals surface area contributed by atoms with Gasteiger partial charge in [-0.05, 0) is 37.1 Å². The number of carbonyl (C=O) groups is 4. The van der Waals surface area contributed by atoms with Crippen LogP contribution in [-0.4, -0.2) is 46.8 Å². The molecule has 172 valence electrons. The Morgan fingerprint density at radius 3 is 2.48 bits per heavy atom. The van der Waals surface area contributed by atoms with Gasteiger partial charge in [-0.2, -0.15) is 0 Å². The largest absolute Gasteiger partial charge is 0.481 e. The van der Waals surface area contributed by atoms with Crippen LogP contribution in [0.1, 0.15) is 30.5 Å². The van der Waals surface area contributed by atoms with Crippen LogP contribution in [0.2, 0.25) is 0 Å². The lowest BCUT2D eigenvalue weighted by molar-refractivity contribution is -0.138. The van der Waals surface area contributed by atoms with Crippen molar-refractivity contribution in [3.05, 3.63) is 71.2 Å². The molecule has 0 bridgehead atoms. The van der Waals surface area contributed by atoms with Crippen molar-refractivity contribution < 1.29 is 28.7 Å². The molecule has 3 rings (SSSR count). The van der Waals surface area contributed by atoms with E-state index >= 15 is 0 Å². The molecule has 0 saturated carbocycles. The Morgan fingerprint density at radius 1 is 1.12 bits per heavy atom. The van der Waals surface area contributed by atoms with Gasteiger partial charge in [-0.3, -0.25) is 14.4 Å². The predicted molar refractivity (Wildman–Crippen MR) is 119 cm³/mol. The smallest absolute Gasteiger partial charge is 0.316 e. The zero-order valence-corrected chi connectivity index (χ0v) is 18.4. The number of carboxylic acid groups (broad SMARTS) is 1. The molecule has 0 aromatic heterocycles. The van der Waals surface area contributed by atoms with Crippen molar-refractivity contribution in [2.24, 2.45) is 0 Å². The molecule has 0 fully saturated rings. The van der Waals surface area contributed by atoms with Crippen LogP contribution >= 0.6 is 0 Å². The summed E-state index contributed by atoms with van der Waals surface area (Å²) in [5, 5.41) is 14.0. The summed E-state index contributed by atoms with van der Waals surface area (Å²) in [7, 11) is 1.45. The standard InChI is InChI=1S/C24H24FN3O5/c1-13-5-4-6-15(9-13)16-7-8-18(25)17(10-16)19(11-20(29)30)26-24(33)27-21-22(31)14(2)12-28(3)23(21)32/h4-10,12,19,21H,11H2,1-3H3,(H,29,30)(H2,26,27,33)/t19-,21?/m0/s1. The fourth-order valence-electron chi connectivity index (χ4n) is 3.65. The number of likely N-dealkylation sites (N-methyl/N-ethyl adjacent to an activating group) is 1. The molecule has 1 aliphatic heterocycles. The van der Waals surface area contributed by atoms with Crippen molar-refractivity contribution in [2.45, 2.75) is 32.4 Å². The van der Waals surface area contributed by atoms with Gasteiger partial charge in [-0.1, -0.05) is 35.9 Å². The van der Waals surface area contributed by atoms with E-state index in [0.29, 0.717) is 5.56 Å². The number of urea groups is 1. The number of halogens is 1. The molecule has 8 nitrogen and oxygen atoms in total. The Kier molecular flexibility index (Phi) is 6.91. The third-order valence-electron chi connectivity index (χ3n) is 5.32. The van der Waals surface area contributed by atoms with Crippen LogP contribution in [0.15, 0.2) is 54.2 Å². The highest BCUT2D eigenvalue weighted by Crippen LogP contribution is 2.28. The van der Waals surface area contributed by atoms with Crippen LogP contribution in [0.3, 0.4) is 0 Å². The number of aryl methyl sites for hydroxylation is 1. The van der Waals surface area contributed by atoms with Crippen LogP contribution in [0.4, 0.5) is 9.18 Å². The Morgan fingerprint density at radius 2 is 1.82 bits per heavy atom. The van der Waals surface area contributed by atoms with Crippen molar-refractivity contribution in [1.29, 1.82) is 0 Å². The molecule has 0 saturated heterocycles. The summed E-state index contributed by atoms with van der Waals surface area (Å²) in [6.07, 6.45) is 0.757. The number of carbonyl (C=O) groups excluding carboxylic acids is 3. The van der Waals surface area contributed by atoms with Crippen molar-refractivity contribution in [3.63, 3.8) is 0 Å². The van der Waals surface area contributed by atoms with Gasteiger partial charge >= 0.3 is 12.0 Å². The zero-order chi connectivity index (χ0) is 24.3. The van der Waals surface area contributed by atoms with E-state index in [-0.39, 0.29) is 11.1 Å². The number of ketones is 1. The molecule has 0 aliphatic carbocycles. The summed E-state index contributed by atoms with van der Waals surface area (Å²) in [4.78, 5) is 49.9. The monoisotopic (exact) mass is 453 g/mol. The normalized spacial score (nSPS) is 16.8. The molecular formula is C24H24FN3O5. The van der Waals surface area contributed by atoms with Crippen molar-refractivity contribution in [1.82, 2.24) is 15.5 Å². The summed E-state index contributed by atoms with van der Waals surface area (Å²) in [6.45, 7) is 3.42. The Labute approximate surface area is 190 Å². The minimum absolute atomic E-state index is 0.0268. The molecule has 1 unspecified atom stereocenters. The van der Waals surface area contributed by atoms with Crippen molar-refractivity contribution >= 4 is 23.7 Å². The lowest BCUT2D eigenvalue weighted by atomic mass is 9.96. The summed E-state index contributed by atoms with van der Waals surface area (Å²) in [6, 6.07) is 8.10. The second-order valence-corrected chi connectivity index (χ2v) is 7.93. The quantitative estimate of drug-likeness (QED) is 0.582. The number of amides is 3. The number of nitrogens with one attached hydrogen (secondary N) is 2. The maximum Gasteiger partial charge on any atom is 0.316 e. The van der Waals surface area contributed by atoms with Gasteiger partial charge in [0.25, 0.3) is 5.91 Å². The average molecular weight is 453 g/mol. The molecule has 2 aromatic rings. The first kappa shape index (κ1) is 23.6. The van der Waals surface area contributed by atoms with Gasteiger partial charge in [0.15, 0.2) is 11.8 Å². The first-order chi connectivity index (χ1) is 15.6. The number of hydrogen-bond acceptors (Lipinski definition) is 4. The van der Waals surface area contributed by atoms with Gasteiger partial charge in [0.05, 0.1) is 12.5 Å². The highest BCUT2D eigenvalue weighted by molar-refractivity contribution is 6.16. The number of nitrogens with zero attached hydrogens (tertiary/aromatic N) is 1. The van der Waals surface area contributed by atoms with E-state index in [9.17, 15) is 28.7 Å². The summed E-state index contributed by atoms with van der Waals surface area (Å²) in [5.74, 6) is -3.16. The third-order valence-corrected chi connectivity index (χ3v) is 5.32. The van der Waals surface area contributed by atoms with Gasteiger partial charge < -0.3 is 20.6 Å². The van der Waals surface area contributed by atoms with Crippen molar-refractivity contribution in [2.75, 3.05) is 7.05 Å². The second kappa shape index (κ2) is 9.64. The van der Waals surface area contributed by atoms with Crippen LogP contribution in [0.5, 0.6) is 0 Å². The second-order valence-electron chi connectivity index (χ2n) is 7.93. The fourth-order valence-corrected chi connectivity index (χ4v) is 3.65. The molecule has 33 heavy (non-hydrogen) atoms. The summed E-state index contributed by atoms with van der Waals surface area (Å²) in [5.41, 5.74) is 2.70. The van der Waals surface area contributed by atoms with Crippen LogP contribution < -0.4 is 10.6 Å². The SMILES string of the molecule is CC1=CN(C)C(=O)C(NC(=O)N[C@@H](CC(=O)O)c2cc(-c3cccc(C)c3)ccc2F)C1=O. The summed E-state index contributed by atoms with van der Waals surface area (Å²) >= 11 is 0. The fraction of sp³-hybridized carbons (Fsp3) is 0.250. The number of carboxylic acids is 1. The Bertz CT molecular complexity index is 1160. The van der Waals surface area contributed by atoms with E-state index in [4.69, 9.17) is 0 Å². The molecular weight excluding hydrogens is 429 g/mol. The Hall–Kier alpha value is -4.01. The van der Waals surface area contributed by atoms with Gasteiger partial charge in [0.2, 0.25) is 0 Å².